The maximum atomic E-state index is 12.9. The molecule has 2 heterocycles. The highest BCUT2D eigenvalue weighted by molar-refractivity contribution is 9.10. The Morgan fingerprint density at radius 1 is 1.17 bits per heavy atom. The van der Waals surface area contributed by atoms with Crippen LogP contribution in [0.5, 0.6) is 11.5 Å². The highest BCUT2D eigenvalue weighted by Gasteiger charge is 2.44. The zero-order valence-electron chi connectivity index (χ0n) is 17.5. The highest BCUT2D eigenvalue weighted by Crippen LogP contribution is 2.41. The summed E-state index contributed by atoms with van der Waals surface area (Å²) in [4.78, 5) is 27.6. The molecule has 1 amide bonds. The van der Waals surface area contributed by atoms with Crippen LogP contribution < -0.4 is 9.47 Å². The zero-order chi connectivity index (χ0) is 21.5. The van der Waals surface area contributed by atoms with Gasteiger partial charge in [-0.05, 0) is 62.2 Å². The quantitative estimate of drug-likeness (QED) is 0.641. The lowest BCUT2D eigenvalue weighted by Gasteiger charge is -2.44. The molecule has 2 aromatic rings. The van der Waals surface area contributed by atoms with Crippen molar-refractivity contribution < 1.29 is 19.1 Å². The third-order valence-corrected chi connectivity index (χ3v) is 6.52. The number of benzene rings is 2. The van der Waals surface area contributed by atoms with Gasteiger partial charge in [-0.3, -0.25) is 9.59 Å². The van der Waals surface area contributed by atoms with E-state index < -0.39 is 11.7 Å². The number of hydrogen-bond acceptors (Lipinski definition) is 4. The number of rotatable bonds is 3. The number of likely N-dealkylation sites (tertiary alicyclic amines) is 1. The summed E-state index contributed by atoms with van der Waals surface area (Å²) in [5.74, 6) is 1.45. The fourth-order valence-corrected chi connectivity index (χ4v) is 4.72. The van der Waals surface area contributed by atoms with E-state index in [0.29, 0.717) is 49.4 Å². The van der Waals surface area contributed by atoms with Crippen molar-refractivity contribution in [3.8, 4) is 11.5 Å². The molecule has 0 aromatic heterocycles. The number of halogens is 1. The van der Waals surface area contributed by atoms with E-state index in [1.807, 2.05) is 55.1 Å². The molecule has 0 aliphatic carbocycles. The summed E-state index contributed by atoms with van der Waals surface area (Å²) < 4.78 is 13.2. The van der Waals surface area contributed by atoms with E-state index in [-0.39, 0.29) is 11.7 Å². The Kier molecular flexibility index (Phi) is 5.62. The molecule has 1 unspecified atom stereocenters. The van der Waals surface area contributed by atoms with Crippen LogP contribution in [0.15, 0.2) is 40.9 Å². The van der Waals surface area contributed by atoms with Crippen LogP contribution in [-0.2, 0) is 4.79 Å². The predicted molar refractivity (Wildman–Crippen MR) is 118 cm³/mol. The second-order valence-electron chi connectivity index (χ2n) is 8.38. The van der Waals surface area contributed by atoms with Gasteiger partial charge in [0.2, 0.25) is 0 Å². The third-order valence-electron chi connectivity index (χ3n) is 5.99. The van der Waals surface area contributed by atoms with Crippen LogP contribution in [0.2, 0.25) is 0 Å². The molecule has 2 aromatic carbocycles. The Morgan fingerprint density at radius 3 is 2.50 bits per heavy atom. The average Bonchev–Trinajstić information content (AvgIpc) is 2.68. The molecule has 2 aliphatic rings. The van der Waals surface area contributed by atoms with Crippen molar-refractivity contribution in [2.45, 2.75) is 51.7 Å². The molecule has 2 aliphatic heterocycles. The zero-order valence-corrected chi connectivity index (χ0v) is 19.1. The SMILES string of the molecule is Cc1cc(C)c2c(c1)OC1(CCN(C(=O)C(C)Oc3ccc(Br)cc3)CC1)CC2=O. The number of nitrogens with zero attached hydrogens (tertiary/aromatic N) is 1. The fraction of sp³-hybridized carbons (Fsp3) is 0.417. The molecular formula is C24H26BrNO4. The standard InChI is InChI=1S/C24H26BrNO4/c1-15-12-16(2)22-20(27)14-24(30-21(22)13-15)8-10-26(11-9-24)23(28)17(3)29-19-6-4-18(25)5-7-19/h4-7,12-13,17H,8-11,14H2,1-3H3. The third kappa shape index (κ3) is 4.10. The van der Waals surface area contributed by atoms with Crippen LogP contribution in [0.4, 0.5) is 0 Å². The van der Waals surface area contributed by atoms with Gasteiger partial charge < -0.3 is 14.4 Å². The molecule has 1 fully saturated rings. The first-order valence-electron chi connectivity index (χ1n) is 10.3. The maximum absolute atomic E-state index is 12.9. The van der Waals surface area contributed by atoms with Crippen molar-refractivity contribution in [1.29, 1.82) is 0 Å². The minimum atomic E-state index is -0.569. The number of ketones is 1. The van der Waals surface area contributed by atoms with Gasteiger partial charge in [-0.1, -0.05) is 22.0 Å². The first-order chi connectivity index (χ1) is 14.3. The number of hydrogen-bond donors (Lipinski definition) is 0. The average molecular weight is 472 g/mol. The summed E-state index contributed by atoms with van der Waals surface area (Å²) in [5.41, 5.74) is 2.25. The Hall–Kier alpha value is -2.34. The normalized spacial score (nSPS) is 18.5. The molecule has 0 radical (unpaired) electrons. The minimum absolute atomic E-state index is 0.0398. The van der Waals surface area contributed by atoms with Crippen LogP contribution in [0, 0.1) is 13.8 Å². The molecule has 5 nitrogen and oxygen atoms in total. The number of carbonyl (C=O) groups is 2. The second kappa shape index (κ2) is 8.06. The number of amides is 1. The lowest BCUT2D eigenvalue weighted by molar-refractivity contribution is -0.141. The summed E-state index contributed by atoms with van der Waals surface area (Å²) in [5, 5.41) is 0. The largest absolute Gasteiger partial charge is 0.486 e. The van der Waals surface area contributed by atoms with Gasteiger partial charge in [0.05, 0.1) is 12.0 Å². The van der Waals surface area contributed by atoms with E-state index in [4.69, 9.17) is 9.47 Å². The number of Topliss-reactive ketones (excluding diaryl/α,β-unsaturated/α-hetero) is 1. The van der Waals surface area contributed by atoms with E-state index in [0.717, 1.165) is 15.6 Å². The molecule has 0 N–H and O–H groups in total. The lowest BCUT2D eigenvalue weighted by atomic mass is 9.81. The van der Waals surface area contributed by atoms with Crippen molar-refractivity contribution in [2.75, 3.05) is 13.1 Å². The van der Waals surface area contributed by atoms with E-state index in [9.17, 15) is 9.59 Å². The molecule has 158 valence electrons. The predicted octanol–water partition coefficient (Wildman–Crippen LogP) is 4.86. The smallest absolute Gasteiger partial charge is 0.263 e. The number of carbonyl (C=O) groups excluding carboxylic acids is 2. The summed E-state index contributed by atoms with van der Waals surface area (Å²) in [7, 11) is 0. The topological polar surface area (TPSA) is 55.8 Å². The van der Waals surface area contributed by atoms with Crippen LogP contribution >= 0.6 is 15.9 Å². The van der Waals surface area contributed by atoms with Gasteiger partial charge in [0.15, 0.2) is 11.9 Å². The van der Waals surface area contributed by atoms with E-state index in [2.05, 4.69) is 15.9 Å². The first-order valence-corrected chi connectivity index (χ1v) is 11.1. The van der Waals surface area contributed by atoms with Crippen LogP contribution in [0.25, 0.3) is 0 Å². The van der Waals surface area contributed by atoms with E-state index >= 15 is 0 Å². The Labute approximate surface area is 185 Å². The Bertz CT molecular complexity index is 977. The fourth-order valence-electron chi connectivity index (χ4n) is 4.46. The van der Waals surface area contributed by atoms with E-state index in [1.165, 1.54) is 0 Å². The van der Waals surface area contributed by atoms with Gasteiger partial charge in [0.25, 0.3) is 5.91 Å². The second-order valence-corrected chi connectivity index (χ2v) is 9.29. The van der Waals surface area contributed by atoms with Crippen molar-refractivity contribution in [3.05, 3.63) is 57.6 Å². The highest BCUT2D eigenvalue weighted by atomic mass is 79.9. The summed E-state index contributed by atoms with van der Waals surface area (Å²) >= 11 is 3.39. The molecule has 4 rings (SSSR count). The molecule has 1 atom stereocenters. The molecule has 30 heavy (non-hydrogen) atoms. The van der Waals surface area contributed by atoms with Crippen LogP contribution in [0.1, 0.15) is 47.7 Å². The molecule has 1 spiro atoms. The number of aryl methyl sites for hydroxylation is 2. The van der Waals surface area contributed by atoms with Gasteiger partial charge in [0.1, 0.15) is 17.1 Å². The molecule has 0 saturated carbocycles. The van der Waals surface area contributed by atoms with Gasteiger partial charge in [-0.15, -0.1) is 0 Å². The van der Waals surface area contributed by atoms with Gasteiger partial charge >= 0.3 is 0 Å². The monoisotopic (exact) mass is 471 g/mol. The van der Waals surface area contributed by atoms with Crippen molar-refractivity contribution >= 4 is 27.6 Å². The first kappa shape index (κ1) is 20.9. The maximum Gasteiger partial charge on any atom is 0.263 e. The summed E-state index contributed by atoms with van der Waals surface area (Å²) in [6, 6.07) is 11.4. The minimum Gasteiger partial charge on any atom is -0.486 e. The summed E-state index contributed by atoms with van der Waals surface area (Å²) in [6.07, 6.45) is 1.08. The number of ether oxygens (including phenoxy) is 2. The van der Waals surface area contributed by atoms with Crippen molar-refractivity contribution in [2.24, 2.45) is 0 Å². The molecule has 0 bridgehead atoms. The van der Waals surface area contributed by atoms with Crippen molar-refractivity contribution in [1.82, 2.24) is 4.90 Å². The Morgan fingerprint density at radius 2 is 1.83 bits per heavy atom. The van der Waals surface area contributed by atoms with Crippen LogP contribution in [-0.4, -0.2) is 41.4 Å². The van der Waals surface area contributed by atoms with Gasteiger partial charge in [-0.2, -0.15) is 0 Å². The lowest BCUT2D eigenvalue weighted by Crippen LogP contribution is -2.54. The molecule has 6 heteroatoms. The Balaban J connectivity index is 1.41. The van der Waals surface area contributed by atoms with Gasteiger partial charge in [-0.25, -0.2) is 0 Å². The number of piperidine rings is 1. The van der Waals surface area contributed by atoms with Crippen LogP contribution in [0.3, 0.4) is 0 Å². The molecule has 1 saturated heterocycles. The van der Waals surface area contributed by atoms with Gasteiger partial charge in [0, 0.05) is 30.4 Å². The molecular weight excluding hydrogens is 446 g/mol. The van der Waals surface area contributed by atoms with E-state index in [1.54, 1.807) is 6.92 Å². The van der Waals surface area contributed by atoms with Crippen molar-refractivity contribution in [3.63, 3.8) is 0 Å². The number of fused-ring (bicyclic) bond motifs is 1. The summed E-state index contributed by atoms with van der Waals surface area (Å²) in [6.45, 7) is 6.85.